The molecule has 4 N–H and O–H groups in total. The third-order valence-corrected chi connectivity index (χ3v) is 2.36. The molecular weight excluding hydrogens is 198 g/mol. The van der Waals surface area contributed by atoms with Crippen molar-refractivity contribution in [3.05, 3.63) is 35.0 Å². The number of hydrogen-bond donors (Lipinski definition) is 3. The predicted octanol–water partition coefficient (Wildman–Crippen LogP) is 2.30. The molecule has 0 bridgehead atoms. The Hall–Kier alpha value is -1.48. The van der Waals surface area contributed by atoms with E-state index in [9.17, 15) is 0 Å². The molecule has 0 atom stereocenters. The van der Waals surface area contributed by atoms with Crippen LogP contribution in [0.5, 0.6) is 0 Å². The van der Waals surface area contributed by atoms with Crippen LogP contribution in [0.15, 0.2) is 24.4 Å². The highest BCUT2D eigenvalue weighted by molar-refractivity contribution is 6.35. The van der Waals surface area contributed by atoms with Crippen LogP contribution in [0, 0.1) is 5.41 Å². The quantitative estimate of drug-likeness (QED) is 0.514. The molecule has 0 unspecified atom stereocenters. The zero-order valence-corrected chi connectivity index (χ0v) is 8.23. The molecule has 0 saturated carbocycles. The highest BCUT2D eigenvalue weighted by Crippen LogP contribution is 2.24. The fourth-order valence-corrected chi connectivity index (χ4v) is 1.81. The summed E-state index contributed by atoms with van der Waals surface area (Å²) in [5.74, 6) is 0.149. The van der Waals surface area contributed by atoms with Crippen LogP contribution in [0.3, 0.4) is 0 Å². The van der Waals surface area contributed by atoms with Crippen molar-refractivity contribution in [2.75, 3.05) is 0 Å². The zero-order chi connectivity index (χ0) is 10.1. The molecule has 1 heterocycles. The second kappa shape index (κ2) is 3.35. The highest BCUT2D eigenvalue weighted by atomic mass is 35.5. The number of hydrogen-bond acceptors (Lipinski definition) is 1. The van der Waals surface area contributed by atoms with E-state index in [1.165, 1.54) is 0 Å². The minimum atomic E-state index is 0.149. The summed E-state index contributed by atoms with van der Waals surface area (Å²) < 4.78 is 0. The number of nitrogens with one attached hydrogen (secondary N) is 2. The number of halogens is 1. The van der Waals surface area contributed by atoms with Crippen LogP contribution >= 0.6 is 11.6 Å². The fraction of sp³-hybridized carbons (Fsp3) is 0.100. The first kappa shape index (κ1) is 9.09. The van der Waals surface area contributed by atoms with Crippen LogP contribution in [0.25, 0.3) is 10.9 Å². The number of nitrogens with two attached hydrogens (primary N) is 1. The average molecular weight is 208 g/mol. The molecule has 14 heavy (non-hydrogen) atoms. The van der Waals surface area contributed by atoms with Crippen molar-refractivity contribution in [1.82, 2.24) is 4.98 Å². The molecule has 0 amide bonds. The van der Waals surface area contributed by atoms with Gasteiger partial charge in [0.25, 0.3) is 0 Å². The van der Waals surface area contributed by atoms with Gasteiger partial charge in [-0.1, -0.05) is 11.6 Å². The van der Waals surface area contributed by atoms with E-state index < -0.39 is 0 Å². The number of aromatic nitrogens is 1. The standard InChI is InChI=1S/C10H10ClN3/c11-8-4-6(5-9(12)13)3-7-1-2-14-10(7)8/h1-4,14H,5H2,(H3,12,13). The Kier molecular flexibility index (Phi) is 2.17. The fourth-order valence-electron chi connectivity index (χ4n) is 1.51. The minimum Gasteiger partial charge on any atom is -0.387 e. The number of H-pyrrole nitrogens is 1. The molecule has 0 aliphatic carbocycles. The van der Waals surface area contributed by atoms with E-state index in [2.05, 4.69) is 4.98 Å². The van der Waals surface area contributed by atoms with Gasteiger partial charge in [0.1, 0.15) is 0 Å². The van der Waals surface area contributed by atoms with E-state index in [-0.39, 0.29) is 5.84 Å². The van der Waals surface area contributed by atoms with Gasteiger partial charge in [-0.25, -0.2) is 0 Å². The first-order chi connectivity index (χ1) is 6.66. The molecule has 0 radical (unpaired) electrons. The van der Waals surface area contributed by atoms with Crippen LogP contribution in [-0.4, -0.2) is 10.8 Å². The van der Waals surface area contributed by atoms with Crippen molar-refractivity contribution in [3.63, 3.8) is 0 Å². The number of rotatable bonds is 2. The normalized spacial score (nSPS) is 10.6. The largest absolute Gasteiger partial charge is 0.387 e. The summed E-state index contributed by atoms with van der Waals surface area (Å²) in [4.78, 5) is 3.05. The van der Waals surface area contributed by atoms with Gasteiger partial charge in [0.2, 0.25) is 0 Å². The highest BCUT2D eigenvalue weighted by Gasteiger charge is 2.03. The maximum absolute atomic E-state index is 7.20. The maximum atomic E-state index is 7.20. The molecule has 4 heteroatoms. The van der Waals surface area contributed by atoms with Crippen LogP contribution in [0.4, 0.5) is 0 Å². The second-order valence-corrected chi connectivity index (χ2v) is 3.63. The maximum Gasteiger partial charge on any atom is 0.0950 e. The lowest BCUT2D eigenvalue weighted by Crippen LogP contribution is -2.12. The van der Waals surface area contributed by atoms with Gasteiger partial charge < -0.3 is 10.7 Å². The van der Waals surface area contributed by atoms with Crippen molar-refractivity contribution in [2.45, 2.75) is 6.42 Å². The molecular formula is C10H10ClN3. The summed E-state index contributed by atoms with van der Waals surface area (Å²) in [6, 6.07) is 5.77. The minimum absolute atomic E-state index is 0.149. The van der Waals surface area contributed by atoms with Gasteiger partial charge in [-0.15, -0.1) is 0 Å². The summed E-state index contributed by atoms with van der Waals surface area (Å²) in [6.07, 6.45) is 2.29. The van der Waals surface area contributed by atoms with Gasteiger partial charge in [-0.3, -0.25) is 5.41 Å². The van der Waals surface area contributed by atoms with E-state index in [1.807, 2.05) is 24.4 Å². The zero-order valence-electron chi connectivity index (χ0n) is 7.47. The Morgan fingerprint density at radius 3 is 3.00 bits per heavy atom. The molecule has 0 fully saturated rings. The summed E-state index contributed by atoms with van der Waals surface area (Å²) >= 11 is 6.04. The van der Waals surface area contributed by atoms with E-state index in [0.717, 1.165) is 16.5 Å². The Labute approximate surface area is 86.4 Å². The van der Waals surface area contributed by atoms with Crippen molar-refractivity contribution < 1.29 is 0 Å². The van der Waals surface area contributed by atoms with Crippen molar-refractivity contribution in [2.24, 2.45) is 5.73 Å². The van der Waals surface area contributed by atoms with E-state index in [1.54, 1.807) is 0 Å². The number of amidine groups is 1. The van der Waals surface area contributed by atoms with E-state index >= 15 is 0 Å². The lowest BCUT2D eigenvalue weighted by Gasteiger charge is -2.01. The lowest BCUT2D eigenvalue weighted by molar-refractivity contribution is 1.25. The van der Waals surface area contributed by atoms with Crippen molar-refractivity contribution in [3.8, 4) is 0 Å². The van der Waals surface area contributed by atoms with E-state index in [0.29, 0.717) is 11.4 Å². The van der Waals surface area contributed by atoms with Crippen LogP contribution < -0.4 is 5.73 Å². The van der Waals surface area contributed by atoms with Crippen LogP contribution in [0.1, 0.15) is 5.56 Å². The number of benzene rings is 1. The van der Waals surface area contributed by atoms with Crippen molar-refractivity contribution in [1.29, 1.82) is 5.41 Å². The van der Waals surface area contributed by atoms with Crippen LogP contribution in [0.2, 0.25) is 5.02 Å². The Balaban J connectivity index is 2.53. The first-order valence-electron chi connectivity index (χ1n) is 4.25. The molecule has 3 nitrogen and oxygen atoms in total. The van der Waals surface area contributed by atoms with E-state index in [4.69, 9.17) is 22.7 Å². The molecule has 2 rings (SSSR count). The van der Waals surface area contributed by atoms with Gasteiger partial charge in [-0.2, -0.15) is 0 Å². The van der Waals surface area contributed by atoms with Gasteiger partial charge in [0.15, 0.2) is 0 Å². The van der Waals surface area contributed by atoms with Gasteiger partial charge in [0, 0.05) is 18.0 Å². The molecule has 1 aromatic carbocycles. The molecule has 1 aromatic heterocycles. The molecule has 0 aliphatic rings. The second-order valence-electron chi connectivity index (χ2n) is 3.22. The lowest BCUT2D eigenvalue weighted by atomic mass is 10.1. The molecule has 0 saturated heterocycles. The topological polar surface area (TPSA) is 65.7 Å². The van der Waals surface area contributed by atoms with Gasteiger partial charge in [0.05, 0.1) is 16.4 Å². The summed E-state index contributed by atoms with van der Waals surface area (Å²) in [5, 5.41) is 8.92. The van der Waals surface area contributed by atoms with Gasteiger partial charge in [-0.05, 0) is 23.8 Å². The summed E-state index contributed by atoms with van der Waals surface area (Å²) in [6.45, 7) is 0. The Morgan fingerprint density at radius 1 is 1.50 bits per heavy atom. The predicted molar refractivity (Wildman–Crippen MR) is 58.9 cm³/mol. The Morgan fingerprint density at radius 2 is 2.29 bits per heavy atom. The summed E-state index contributed by atoms with van der Waals surface area (Å²) in [7, 11) is 0. The molecule has 0 aliphatic heterocycles. The monoisotopic (exact) mass is 207 g/mol. The van der Waals surface area contributed by atoms with Gasteiger partial charge >= 0.3 is 0 Å². The molecule has 0 spiro atoms. The number of fused-ring (bicyclic) bond motifs is 1. The summed E-state index contributed by atoms with van der Waals surface area (Å²) in [5.41, 5.74) is 7.22. The Bertz CT molecular complexity index is 487. The molecule has 72 valence electrons. The average Bonchev–Trinajstić information content (AvgIpc) is 2.50. The first-order valence-corrected chi connectivity index (χ1v) is 4.63. The smallest absolute Gasteiger partial charge is 0.0950 e. The van der Waals surface area contributed by atoms with Crippen molar-refractivity contribution >= 4 is 28.3 Å². The third kappa shape index (κ3) is 1.59. The van der Waals surface area contributed by atoms with Crippen LogP contribution in [-0.2, 0) is 6.42 Å². The molecule has 2 aromatic rings. The third-order valence-electron chi connectivity index (χ3n) is 2.07. The number of aromatic amines is 1. The SMILES string of the molecule is N=C(N)Cc1cc(Cl)c2[nH]ccc2c1.